The number of ether oxygens (including phenoxy) is 2. The Morgan fingerprint density at radius 2 is 1.72 bits per heavy atom. The molecule has 0 radical (unpaired) electrons. The summed E-state index contributed by atoms with van der Waals surface area (Å²) in [6.07, 6.45) is 1.75. The van der Waals surface area contributed by atoms with E-state index < -0.39 is 12.6 Å². The fraction of sp³-hybridized carbons (Fsp3) is 0.148. The summed E-state index contributed by atoms with van der Waals surface area (Å²) in [5.41, 5.74) is 4.37. The number of aryl methyl sites for hydroxylation is 2. The Balaban J connectivity index is 1.73. The number of nitrogens with zero attached hydrogens (tertiary/aromatic N) is 2. The molecule has 3 aromatic carbocycles. The van der Waals surface area contributed by atoms with Gasteiger partial charge in [0.2, 0.25) is 0 Å². The fourth-order valence-corrected chi connectivity index (χ4v) is 5.02. The molecule has 1 fully saturated rings. The Morgan fingerprint density at radius 3 is 2.33 bits per heavy atom. The highest BCUT2D eigenvalue weighted by atomic mass is 79.9. The Morgan fingerprint density at radius 1 is 1.08 bits per heavy atom. The van der Waals surface area contributed by atoms with Crippen LogP contribution in [0.3, 0.4) is 0 Å². The number of carbonyl (C=O) groups excluding carboxylic acids is 1. The second kappa shape index (κ2) is 11.0. The summed E-state index contributed by atoms with van der Waals surface area (Å²) < 4.78 is 11.3. The van der Waals surface area contributed by atoms with E-state index in [4.69, 9.17) is 19.6 Å². The first-order valence-electron chi connectivity index (χ1n) is 10.9. The van der Waals surface area contributed by atoms with E-state index in [0.29, 0.717) is 25.9 Å². The molecule has 0 spiro atoms. The molecule has 9 heteroatoms. The van der Waals surface area contributed by atoms with Gasteiger partial charge in [-0.3, -0.25) is 9.69 Å². The van der Waals surface area contributed by atoms with Crippen molar-refractivity contribution < 1.29 is 24.2 Å². The van der Waals surface area contributed by atoms with Crippen molar-refractivity contribution in [2.75, 3.05) is 18.6 Å². The third kappa shape index (κ3) is 5.80. The van der Waals surface area contributed by atoms with E-state index in [1.54, 1.807) is 23.1 Å². The standard InChI is InChI=1S/C27H23BrN2O5S/c1-16-4-8-19(9-5-16)29-27-30(20-10-6-17(2)7-11-20)26(33)23(36-27)14-18-12-21(28)25(22(13-18)34-3)35-15-24(31)32/h4-14H,15H2,1-3H3,(H,31,32)/b23-14+,29-27?. The lowest BCUT2D eigenvalue weighted by molar-refractivity contribution is -0.139. The highest BCUT2D eigenvalue weighted by Crippen LogP contribution is 2.40. The van der Waals surface area contributed by atoms with Gasteiger partial charge in [0.05, 0.1) is 27.9 Å². The van der Waals surface area contributed by atoms with Gasteiger partial charge in [0.25, 0.3) is 5.91 Å². The van der Waals surface area contributed by atoms with Crippen LogP contribution in [0, 0.1) is 13.8 Å². The van der Waals surface area contributed by atoms with E-state index in [0.717, 1.165) is 22.5 Å². The van der Waals surface area contributed by atoms with Gasteiger partial charge < -0.3 is 14.6 Å². The van der Waals surface area contributed by atoms with Gasteiger partial charge in [-0.15, -0.1) is 0 Å². The van der Waals surface area contributed by atoms with E-state index in [1.807, 2.05) is 62.4 Å². The lowest BCUT2D eigenvalue weighted by Crippen LogP contribution is -2.28. The zero-order valence-corrected chi connectivity index (χ0v) is 22.2. The molecule has 1 aliphatic heterocycles. The van der Waals surface area contributed by atoms with Crippen LogP contribution in [0.25, 0.3) is 6.08 Å². The smallest absolute Gasteiger partial charge is 0.341 e. The first-order valence-corrected chi connectivity index (χ1v) is 12.5. The second-order valence-corrected chi connectivity index (χ2v) is 9.90. The number of aliphatic imine (C=N–C) groups is 1. The first-order chi connectivity index (χ1) is 17.2. The van der Waals surface area contributed by atoms with Crippen LogP contribution in [-0.2, 0) is 9.59 Å². The number of rotatable bonds is 7. The first kappa shape index (κ1) is 25.5. The van der Waals surface area contributed by atoms with Crippen molar-refractivity contribution in [3.63, 3.8) is 0 Å². The molecule has 1 amide bonds. The van der Waals surface area contributed by atoms with E-state index in [1.165, 1.54) is 18.9 Å². The van der Waals surface area contributed by atoms with Crippen LogP contribution in [0.15, 0.2) is 75.0 Å². The number of carboxylic acid groups (broad SMARTS) is 1. The second-order valence-electron chi connectivity index (χ2n) is 8.03. The summed E-state index contributed by atoms with van der Waals surface area (Å²) in [7, 11) is 1.47. The Hall–Kier alpha value is -3.56. The van der Waals surface area contributed by atoms with E-state index in [2.05, 4.69) is 15.9 Å². The molecule has 0 unspecified atom stereocenters. The average Bonchev–Trinajstić information content (AvgIpc) is 3.14. The van der Waals surface area contributed by atoms with Gasteiger partial charge in [-0.1, -0.05) is 35.4 Å². The predicted octanol–water partition coefficient (Wildman–Crippen LogP) is 6.35. The number of thioether (sulfide) groups is 1. The molecular weight excluding hydrogens is 544 g/mol. The predicted molar refractivity (Wildman–Crippen MR) is 146 cm³/mol. The number of amidine groups is 1. The number of methoxy groups -OCH3 is 1. The topological polar surface area (TPSA) is 88.4 Å². The molecule has 1 N–H and O–H groups in total. The highest BCUT2D eigenvalue weighted by Gasteiger charge is 2.35. The van der Waals surface area contributed by atoms with E-state index in [-0.39, 0.29) is 11.7 Å². The van der Waals surface area contributed by atoms with Gasteiger partial charge in [0.15, 0.2) is 23.3 Å². The number of hydrogen-bond acceptors (Lipinski definition) is 6. The number of amides is 1. The number of benzene rings is 3. The number of aliphatic carboxylic acids is 1. The fourth-order valence-electron chi connectivity index (χ4n) is 3.45. The molecule has 0 atom stereocenters. The third-order valence-corrected chi connectivity index (χ3v) is 6.80. The van der Waals surface area contributed by atoms with Crippen molar-refractivity contribution in [2.24, 2.45) is 4.99 Å². The minimum atomic E-state index is -1.10. The molecule has 1 heterocycles. The summed E-state index contributed by atoms with van der Waals surface area (Å²) in [5.74, 6) is -0.678. The minimum Gasteiger partial charge on any atom is -0.493 e. The number of halogens is 1. The number of anilines is 1. The van der Waals surface area contributed by atoms with Crippen LogP contribution < -0.4 is 14.4 Å². The van der Waals surface area contributed by atoms with E-state index in [9.17, 15) is 9.59 Å². The normalized spacial score (nSPS) is 15.6. The zero-order valence-electron chi connectivity index (χ0n) is 19.8. The van der Waals surface area contributed by atoms with Gasteiger partial charge in [0.1, 0.15) is 0 Å². The Bertz CT molecular complexity index is 1370. The lowest BCUT2D eigenvalue weighted by atomic mass is 10.1. The molecule has 7 nitrogen and oxygen atoms in total. The summed E-state index contributed by atoms with van der Waals surface area (Å²) in [5, 5.41) is 9.48. The third-order valence-electron chi connectivity index (χ3n) is 5.25. The van der Waals surface area contributed by atoms with E-state index >= 15 is 0 Å². The molecule has 184 valence electrons. The maximum atomic E-state index is 13.6. The van der Waals surface area contributed by atoms with Gasteiger partial charge in [-0.2, -0.15) is 0 Å². The molecule has 0 bridgehead atoms. The molecule has 0 aliphatic carbocycles. The number of carboxylic acids is 1. The number of hydrogen-bond donors (Lipinski definition) is 1. The highest BCUT2D eigenvalue weighted by molar-refractivity contribution is 9.10. The largest absolute Gasteiger partial charge is 0.493 e. The van der Waals surface area contributed by atoms with Gasteiger partial charge in [-0.25, -0.2) is 9.79 Å². The van der Waals surface area contributed by atoms with Crippen molar-refractivity contribution in [1.29, 1.82) is 0 Å². The van der Waals surface area contributed by atoms with Crippen molar-refractivity contribution in [2.45, 2.75) is 13.8 Å². The molecular formula is C27H23BrN2O5S. The zero-order chi connectivity index (χ0) is 25.8. The minimum absolute atomic E-state index is 0.198. The SMILES string of the molecule is COc1cc(/C=C2/SC(=Nc3ccc(C)cc3)N(c3ccc(C)cc3)C2=O)cc(Br)c1OCC(=O)O. The Labute approximate surface area is 221 Å². The van der Waals surface area contributed by atoms with Crippen molar-refractivity contribution in [1.82, 2.24) is 0 Å². The molecule has 0 saturated carbocycles. The Kier molecular flexibility index (Phi) is 7.81. The van der Waals surface area contributed by atoms with Crippen LogP contribution >= 0.6 is 27.7 Å². The maximum absolute atomic E-state index is 13.6. The van der Waals surface area contributed by atoms with Crippen LogP contribution in [0.2, 0.25) is 0 Å². The quantitative estimate of drug-likeness (QED) is 0.335. The van der Waals surface area contributed by atoms with Crippen LogP contribution in [0.5, 0.6) is 11.5 Å². The molecule has 1 aliphatic rings. The average molecular weight is 567 g/mol. The summed E-state index contributed by atoms with van der Waals surface area (Å²) in [6.45, 7) is 3.49. The van der Waals surface area contributed by atoms with Crippen molar-refractivity contribution in [3.05, 3.63) is 86.7 Å². The van der Waals surface area contributed by atoms with Crippen LogP contribution in [0.1, 0.15) is 16.7 Å². The molecule has 36 heavy (non-hydrogen) atoms. The summed E-state index contributed by atoms with van der Waals surface area (Å²) >= 11 is 4.70. The molecule has 3 aromatic rings. The monoisotopic (exact) mass is 566 g/mol. The van der Waals surface area contributed by atoms with Gasteiger partial charge >= 0.3 is 5.97 Å². The summed E-state index contributed by atoms with van der Waals surface area (Å²) in [4.78, 5) is 31.3. The van der Waals surface area contributed by atoms with Gasteiger partial charge in [-0.05, 0) is 89.6 Å². The van der Waals surface area contributed by atoms with Crippen molar-refractivity contribution in [3.8, 4) is 11.5 Å². The molecule has 4 rings (SSSR count). The van der Waals surface area contributed by atoms with Gasteiger partial charge in [0, 0.05) is 0 Å². The van der Waals surface area contributed by atoms with Crippen molar-refractivity contribution >= 4 is 62.2 Å². The number of carbonyl (C=O) groups is 2. The molecule has 0 aromatic heterocycles. The van der Waals surface area contributed by atoms with Crippen LogP contribution in [-0.4, -0.2) is 35.9 Å². The summed E-state index contributed by atoms with van der Waals surface area (Å²) in [6, 6.07) is 18.9. The molecule has 1 saturated heterocycles. The maximum Gasteiger partial charge on any atom is 0.341 e. The lowest BCUT2D eigenvalue weighted by Gasteiger charge is -2.16. The van der Waals surface area contributed by atoms with Crippen LogP contribution in [0.4, 0.5) is 11.4 Å².